The molecule has 4 rings (SSSR count). The first-order chi connectivity index (χ1) is 17.1. The lowest BCUT2D eigenvalue weighted by molar-refractivity contribution is -0.124. The highest BCUT2D eigenvalue weighted by Crippen LogP contribution is 2.39. The normalized spacial score (nSPS) is 25.5. The van der Waals surface area contributed by atoms with Crippen molar-refractivity contribution in [3.63, 3.8) is 0 Å². The van der Waals surface area contributed by atoms with Crippen LogP contribution in [0, 0.1) is 11.8 Å². The third-order valence-electron chi connectivity index (χ3n) is 7.09. The number of carboxylic acids is 1. The van der Waals surface area contributed by atoms with Gasteiger partial charge >= 0.3 is 5.97 Å². The summed E-state index contributed by atoms with van der Waals surface area (Å²) >= 11 is 1.19. The minimum atomic E-state index is -1.03. The summed E-state index contributed by atoms with van der Waals surface area (Å²) in [6.07, 6.45) is 13.8. The first kappa shape index (κ1) is 26.1. The summed E-state index contributed by atoms with van der Waals surface area (Å²) in [5, 5.41) is 12.9. The molecule has 1 fully saturated rings. The number of rotatable bonds is 7. The molecule has 192 valence electrons. The first-order valence-electron chi connectivity index (χ1n) is 12.8. The maximum atomic E-state index is 13.5. The molecule has 1 aliphatic heterocycles. The molecule has 2 heterocycles. The lowest BCUT2D eigenvalue weighted by Crippen LogP contribution is -2.42. The van der Waals surface area contributed by atoms with Crippen molar-refractivity contribution < 1.29 is 19.5 Å². The Kier molecular flexibility index (Phi) is 7.93. The summed E-state index contributed by atoms with van der Waals surface area (Å²) in [5.74, 6) is -0.625. The average molecular weight is 510 g/mol. The number of nitrogens with zero attached hydrogens (tertiary/aromatic N) is 2. The Hall–Kier alpha value is -3.00. The van der Waals surface area contributed by atoms with Gasteiger partial charge in [-0.05, 0) is 76.5 Å². The zero-order valence-corrected chi connectivity index (χ0v) is 22.2. The van der Waals surface area contributed by atoms with Gasteiger partial charge in [-0.25, -0.2) is 4.79 Å². The molecule has 1 aromatic heterocycles. The van der Waals surface area contributed by atoms with Crippen LogP contribution in [-0.4, -0.2) is 46.7 Å². The lowest BCUT2D eigenvalue weighted by atomic mass is 9.82. The number of aliphatic imine (C=N–C) groups is 1. The fourth-order valence-electron chi connectivity index (χ4n) is 5.03. The summed E-state index contributed by atoms with van der Waals surface area (Å²) in [7, 11) is 0. The largest absolute Gasteiger partial charge is 0.477 e. The van der Waals surface area contributed by atoms with E-state index in [2.05, 4.69) is 17.2 Å². The number of amides is 2. The predicted octanol–water partition coefficient (Wildman–Crippen LogP) is 5.24. The Labute approximate surface area is 216 Å². The van der Waals surface area contributed by atoms with E-state index in [1.807, 2.05) is 51.1 Å². The van der Waals surface area contributed by atoms with Gasteiger partial charge in [0.05, 0.1) is 17.8 Å². The molecule has 0 spiro atoms. The van der Waals surface area contributed by atoms with Gasteiger partial charge in [0.15, 0.2) is 0 Å². The minimum Gasteiger partial charge on any atom is -0.477 e. The highest BCUT2D eigenvalue weighted by Gasteiger charge is 2.33. The van der Waals surface area contributed by atoms with Crippen molar-refractivity contribution in [3.05, 3.63) is 46.2 Å². The maximum absolute atomic E-state index is 13.5. The third kappa shape index (κ3) is 5.69. The molecule has 1 aromatic rings. The van der Waals surface area contributed by atoms with Crippen molar-refractivity contribution in [2.45, 2.75) is 77.9 Å². The standard InChI is InChI=1S/C28H35N3O4S/c1-16(2)31(27(33)20-8-5-17(3)6-9-20)23-15-24(36-25(23)28(34)35)19-10-12-21(13-11-19)30-26(32)22-14-7-18(4)29-22/h7,10-12,14-18,20-21H,5-6,8-9,13H2,1-4H3,(H,30,32)(H,34,35)/t17-,18?,20-,21?. The molecule has 2 amide bonds. The van der Waals surface area contributed by atoms with Gasteiger partial charge in [0, 0.05) is 16.8 Å². The smallest absolute Gasteiger partial charge is 0.348 e. The molecule has 8 heteroatoms. The molecule has 0 radical (unpaired) electrons. The van der Waals surface area contributed by atoms with E-state index in [-0.39, 0.29) is 40.7 Å². The number of carboxylic acid groups (broad SMARTS) is 1. The lowest BCUT2D eigenvalue weighted by Gasteiger charge is -2.33. The number of hydrogen-bond donors (Lipinski definition) is 2. The van der Waals surface area contributed by atoms with E-state index in [9.17, 15) is 19.5 Å². The Morgan fingerprint density at radius 2 is 1.83 bits per heavy atom. The van der Waals surface area contributed by atoms with Crippen LogP contribution in [0.2, 0.25) is 0 Å². The van der Waals surface area contributed by atoms with Gasteiger partial charge in [-0.2, -0.15) is 0 Å². The van der Waals surface area contributed by atoms with Crippen molar-refractivity contribution in [2.24, 2.45) is 16.8 Å². The van der Waals surface area contributed by atoms with E-state index >= 15 is 0 Å². The van der Waals surface area contributed by atoms with Gasteiger partial charge in [-0.1, -0.05) is 31.2 Å². The molecule has 0 bridgehead atoms. The Morgan fingerprint density at radius 1 is 1.11 bits per heavy atom. The molecule has 2 N–H and O–H groups in total. The fourth-order valence-corrected chi connectivity index (χ4v) is 6.04. The quantitative estimate of drug-likeness (QED) is 0.525. The highest BCUT2D eigenvalue weighted by atomic mass is 32.1. The first-order valence-corrected chi connectivity index (χ1v) is 13.6. The second-order valence-electron chi connectivity index (χ2n) is 10.3. The SMILES string of the molecule is CC1C=CC(C(=O)NC2C=CC(c3cc(N(C(=O)[C@H]4CC[C@H](C)CC4)C(C)C)c(C(=O)O)s3)=CC2)=N1. The number of allylic oxidation sites excluding steroid dienone is 2. The topological polar surface area (TPSA) is 99.1 Å². The predicted molar refractivity (Wildman–Crippen MR) is 145 cm³/mol. The van der Waals surface area contributed by atoms with Crippen LogP contribution in [0.15, 0.2) is 41.4 Å². The Bertz CT molecular complexity index is 1150. The van der Waals surface area contributed by atoms with Crippen LogP contribution < -0.4 is 10.2 Å². The summed E-state index contributed by atoms with van der Waals surface area (Å²) < 4.78 is 0. The summed E-state index contributed by atoms with van der Waals surface area (Å²) in [6, 6.07) is 1.55. The molecular formula is C28H35N3O4S. The maximum Gasteiger partial charge on any atom is 0.348 e. The molecule has 2 aliphatic carbocycles. The third-order valence-corrected chi connectivity index (χ3v) is 8.26. The van der Waals surface area contributed by atoms with E-state index in [1.54, 1.807) is 11.0 Å². The van der Waals surface area contributed by atoms with Crippen molar-refractivity contribution in [3.8, 4) is 0 Å². The van der Waals surface area contributed by atoms with Crippen molar-refractivity contribution in [1.29, 1.82) is 0 Å². The molecule has 36 heavy (non-hydrogen) atoms. The highest BCUT2D eigenvalue weighted by molar-refractivity contribution is 7.15. The monoisotopic (exact) mass is 509 g/mol. The average Bonchev–Trinajstić information content (AvgIpc) is 3.47. The summed E-state index contributed by atoms with van der Waals surface area (Å²) in [6.45, 7) is 8.01. The number of hydrogen-bond acceptors (Lipinski definition) is 5. The van der Waals surface area contributed by atoms with Crippen molar-refractivity contribution in [2.75, 3.05) is 4.90 Å². The molecule has 2 atom stereocenters. The molecule has 2 unspecified atom stereocenters. The molecule has 0 aromatic carbocycles. The molecule has 1 saturated carbocycles. The van der Waals surface area contributed by atoms with Gasteiger partial charge in [0.1, 0.15) is 10.6 Å². The molecule has 0 saturated heterocycles. The van der Waals surface area contributed by atoms with Gasteiger partial charge < -0.3 is 15.3 Å². The van der Waals surface area contributed by atoms with Crippen molar-refractivity contribution in [1.82, 2.24) is 5.32 Å². The number of thiophene rings is 1. The number of carbonyl (C=O) groups is 3. The Balaban J connectivity index is 1.52. The fraction of sp³-hybridized carbons (Fsp3) is 0.500. The van der Waals surface area contributed by atoms with Gasteiger partial charge in [0.2, 0.25) is 5.91 Å². The van der Waals surface area contributed by atoms with Gasteiger partial charge in [-0.15, -0.1) is 11.3 Å². The molecule has 3 aliphatic rings. The number of carbonyl (C=O) groups excluding carboxylic acids is 2. The Morgan fingerprint density at radius 3 is 2.39 bits per heavy atom. The van der Waals surface area contributed by atoms with Crippen LogP contribution in [0.3, 0.4) is 0 Å². The van der Waals surface area contributed by atoms with E-state index in [1.165, 1.54) is 11.3 Å². The van der Waals surface area contributed by atoms with E-state index < -0.39 is 5.97 Å². The van der Waals surface area contributed by atoms with Crippen LogP contribution >= 0.6 is 11.3 Å². The van der Waals surface area contributed by atoms with Crippen LogP contribution in [0.4, 0.5) is 5.69 Å². The van der Waals surface area contributed by atoms with E-state index in [0.29, 0.717) is 23.7 Å². The van der Waals surface area contributed by atoms with Crippen molar-refractivity contribution >= 4 is 46.1 Å². The van der Waals surface area contributed by atoms with Crippen LogP contribution in [0.5, 0.6) is 0 Å². The van der Waals surface area contributed by atoms with Crippen LogP contribution in [0.1, 0.15) is 74.3 Å². The van der Waals surface area contributed by atoms with E-state index in [4.69, 9.17) is 0 Å². The second-order valence-corrected chi connectivity index (χ2v) is 11.4. The second kappa shape index (κ2) is 10.9. The van der Waals surface area contributed by atoms with Crippen LogP contribution in [0.25, 0.3) is 5.57 Å². The molecular weight excluding hydrogens is 474 g/mol. The van der Waals surface area contributed by atoms with Gasteiger partial charge in [0.25, 0.3) is 5.91 Å². The minimum absolute atomic E-state index is 0.0227. The van der Waals surface area contributed by atoms with Gasteiger partial charge in [-0.3, -0.25) is 14.6 Å². The van der Waals surface area contributed by atoms with Crippen LogP contribution in [-0.2, 0) is 9.59 Å². The zero-order valence-electron chi connectivity index (χ0n) is 21.4. The zero-order chi connectivity index (χ0) is 26.0. The van der Waals surface area contributed by atoms with E-state index in [0.717, 1.165) is 36.1 Å². The summed E-state index contributed by atoms with van der Waals surface area (Å²) in [4.78, 5) is 45.1. The summed E-state index contributed by atoms with van der Waals surface area (Å²) in [5.41, 5.74) is 1.81. The number of aromatic carboxylic acids is 1. The number of anilines is 1. The molecule has 7 nitrogen and oxygen atoms in total. The number of nitrogens with one attached hydrogen (secondary N) is 1.